The minimum atomic E-state index is 0. The monoisotopic (exact) mass is 260 g/mol. The number of quaternary nitrogens is 1. The lowest BCUT2D eigenvalue weighted by Gasteiger charge is -2.16. The number of anilines is 1. The average Bonchev–Trinajstić information content (AvgIpc) is 2.69. The van der Waals surface area contributed by atoms with Crippen LogP contribution in [0.5, 0.6) is 0 Å². The van der Waals surface area contributed by atoms with Crippen LogP contribution in [0.25, 0.3) is 0 Å². The molecule has 0 spiro atoms. The van der Waals surface area contributed by atoms with Crippen LogP contribution in [0, 0.1) is 0 Å². The molecule has 2 aromatic carbocycles. The number of halogens is 1. The minimum absolute atomic E-state index is 0. The van der Waals surface area contributed by atoms with E-state index < -0.39 is 0 Å². The summed E-state index contributed by atoms with van der Waals surface area (Å²) in [6, 6.07) is 19.3. The van der Waals surface area contributed by atoms with Gasteiger partial charge in [-0.1, -0.05) is 42.5 Å². The maximum atomic E-state index is 2.44. The second-order valence-corrected chi connectivity index (χ2v) is 4.64. The number of hydrogen-bond donors (Lipinski definition) is 1. The highest BCUT2D eigenvalue weighted by Crippen LogP contribution is 2.26. The summed E-state index contributed by atoms with van der Waals surface area (Å²) < 4.78 is 0. The van der Waals surface area contributed by atoms with Gasteiger partial charge in [0.1, 0.15) is 5.69 Å². The molecule has 1 N–H and O–H groups in total. The first-order chi connectivity index (χ1) is 8.34. The van der Waals surface area contributed by atoms with Crippen LogP contribution in [0.15, 0.2) is 54.6 Å². The summed E-state index contributed by atoms with van der Waals surface area (Å²) in [7, 11) is 2.23. The molecule has 2 nitrogen and oxygen atoms in total. The van der Waals surface area contributed by atoms with E-state index in [0.717, 1.165) is 13.2 Å². The molecule has 0 amide bonds. The van der Waals surface area contributed by atoms with Crippen molar-refractivity contribution >= 4 is 11.4 Å². The lowest BCUT2D eigenvalue weighted by molar-refractivity contribution is -0.802. The Bertz CT molecular complexity index is 513. The van der Waals surface area contributed by atoms with Crippen molar-refractivity contribution in [3.63, 3.8) is 0 Å². The Balaban J connectivity index is 0.00000120. The molecule has 1 unspecified atom stereocenters. The molecule has 0 bridgehead atoms. The van der Waals surface area contributed by atoms with E-state index in [1.807, 2.05) is 0 Å². The van der Waals surface area contributed by atoms with Gasteiger partial charge in [0.15, 0.2) is 12.4 Å². The van der Waals surface area contributed by atoms with Gasteiger partial charge in [0, 0.05) is 12.6 Å². The van der Waals surface area contributed by atoms with Crippen LogP contribution >= 0.6 is 0 Å². The Labute approximate surface area is 114 Å². The zero-order chi connectivity index (χ0) is 11.7. The third-order valence-corrected chi connectivity index (χ3v) is 3.35. The van der Waals surface area contributed by atoms with E-state index in [-0.39, 0.29) is 12.4 Å². The normalized spacial score (nSPS) is 17.2. The molecule has 0 aliphatic carbocycles. The van der Waals surface area contributed by atoms with E-state index in [1.54, 1.807) is 0 Å². The first-order valence-electron chi connectivity index (χ1n) is 6.05. The van der Waals surface area contributed by atoms with Crippen molar-refractivity contribution in [2.75, 3.05) is 18.6 Å². The molecule has 2 aromatic rings. The molecule has 0 aromatic heterocycles. The molecule has 1 aliphatic rings. The molecular weight excluding hydrogens is 244 g/mol. The van der Waals surface area contributed by atoms with Crippen LogP contribution in [0.3, 0.4) is 0 Å². The van der Waals surface area contributed by atoms with Gasteiger partial charge in [-0.05, 0) is 11.6 Å². The van der Waals surface area contributed by atoms with Gasteiger partial charge < -0.3 is 17.3 Å². The molecule has 1 heterocycles. The predicted molar refractivity (Wildman–Crippen MR) is 70.5 cm³/mol. The summed E-state index contributed by atoms with van der Waals surface area (Å²) in [4.78, 5) is 3.91. The molecule has 1 aliphatic heterocycles. The first-order valence-corrected chi connectivity index (χ1v) is 6.05. The molecular formula is C15H17ClN2. The quantitative estimate of drug-likeness (QED) is 0.714. The van der Waals surface area contributed by atoms with E-state index in [4.69, 9.17) is 0 Å². The first kappa shape index (κ1) is 12.9. The molecule has 0 saturated heterocycles. The number of fused-ring (bicyclic) bond motifs is 1. The number of para-hydroxylation sites is 2. The third kappa shape index (κ3) is 2.35. The van der Waals surface area contributed by atoms with Crippen molar-refractivity contribution in [3.8, 4) is 0 Å². The fraction of sp³-hybridized carbons (Fsp3) is 0.200. The zero-order valence-corrected chi connectivity index (χ0v) is 11.2. The molecule has 3 rings (SSSR count). The van der Waals surface area contributed by atoms with Crippen LogP contribution in [-0.2, 0) is 6.54 Å². The summed E-state index contributed by atoms with van der Waals surface area (Å²) in [6.45, 7) is 2.05. The van der Waals surface area contributed by atoms with E-state index in [0.29, 0.717) is 0 Å². The van der Waals surface area contributed by atoms with Crippen LogP contribution in [0.4, 0.5) is 11.4 Å². The van der Waals surface area contributed by atoms with Gasteiger partial charge in [0.05, 0.1) is 7.05 Å². The van der Waals surface area contributed by atoms with Crippen molar-refractivity contribution in [3.05, 3.63) is 60.2 Å². The molecule has 0 radical (unpaired) electrons. The van der Waals surface area contributed by atoms with E-state index in [1.165, 1.54) is 21.8 Å². The smallest absolute Gasteiger partial charge is 0.157 e. The lowest BCUT2D eigenvalue weighted by Crippen LogP contribution is -3.03. The zero-order valence-electron chi connectivity index (χ0n) is 10.4. The summed E-state index contributed by atoms with van der Waals surface area (Å²) in [5, 5.41) is 0. The van der Waals surface area contributed by atoms with Crippen LogP contribution in [0.1, 0.15) is 5.56 Å². The van der Waals surface area contributed by atoms with Crippen LogP contribution in [-0.4, -0.2) is 13.7 Å². The van der Waals surface area contributed by atoms with E-state index >= 15 is 0 Å². The van der Waals surface area contributed by atoms with Crippen molar-refractivity contribution in [2.24, 2.45) is 0 Å². The fourth-order valence-corrected chi connectivity index (χ4v) is 2.51. The SMILES string of the molecule is C[NH+]1CN(Cc2ccccc2)c2ccccc21.[Cl-]. The molecule has 0 fully saturated rings. The van der Waals surface area contributed by atoms with Gasteiger partial charge in [-0.2, -0.15) is 0 Å². The topological polar surface area (TPSA) is 7.68 Å². The number of rotatable bonds is 2. The molecule has 3 heteroatoms. The van der Waals surface area contributed by atoms with Crippen LogP contribution in [0.2, 0.25) is 0 Å². The second kappa shape index (κ2) is 5.42. The maximum absolute atomic E-state index is 2.44. The lowest BCUT2D eigenvalue weighted by atomic mass is 10.2. The molecule has 18 heavy (non-hydrogen) atoms. The minimum Gasteiger partial charge on any atom is -1.00 e. The fourth-order valence-electron chi connectivity index (χ4n) is 2.51. The van der Waals surface area contributed by atoms with Gasteiger partial charge in [-0.25, -0.2) is 0 Å². The Morgan fingerprint density at radius 3 is 2.44 bits per heavy atom. The number of benzene rings is 2. The highest BCUT2D eigenvalue weighted by Gasteiger charge is 2.26. The van der Waals surface area contributed by atoms with Crippen LogP contribution < -0.4 is 22.2 Å². The standard InChI is InChI=1S/C15H16N2.ClH/c1-16-12-17(11-13-7-3-2-4-8-13)15-10-6-5-9-14(15)16;/h2-10H,11-12H2,1H3;1H. The molecule has 0 saturated carbocycles. The van der Waals surface area contributed by atoms with Gasteiger partial charge in [-0.3, -0.25) is 4.90 Å². The highest BCUT2D eigenvalue weighted by atomic mass is 35.5. The summed E-state index contributed by atoms with van der Waals surface area (Å²) in [5.41, 5.74) is 4.15. The summed E-state index contributed by atoms with van der Waals surface area (Å²) >= 11 is 0. The Hall–Kier alpha value is -1.51. The van der Waals surface area contributed by atoms with Crippen molar-refractivity contribution in [1.82, 2.24) is 0 Å². The Morgan fingerprint density at radius 1 is 1.00 bits per heavy atom. The van der Waals surface area contributed by atoms with Gasteiger partial charge in [0.25, 0.3) is 0 Å². The number of nitrogens with zero attached hydrogens (tertiary/aromatic N) is 1. The molecule has 94 valence electrons. The second-order valence-electron chi connectivity index (χ2n) is 4.64. The van der Waals surface area contributed by atoms with Crippen molar-refractivity contribution < 1.29 is 17.3 Å². The number of nitrogens with one attached hydrogen (secondary N) is 1. The predicted octanol–water partition coefficient (Wildman–Crippen LogP) is -1.19. The molecule has 1 atom stereocenters. The van der Waals surface area contributed by atoms with Gasteiger partial charge in [0.2, 0.25) is 0 Å². The number of hydrogen-bond acceptors (Lipinski definition) is 1. The van der Waals surface area contributed by atoms with Crippen molar-refractivity contribution in [2.45, 2.75) is 6.54 Å². The maximum Gasteiger partial charge on any atom is 0.157 e. The van der Waals surface area contributed by atoms with Gasteiger partial charge >= 0.3 is 0 Å². The van der Waals surface area contributed by atoms with E-state index in [9.17, 15) is 0 Å². The Kier molecular flexibility index (Phi) is 3.90. The summed E-state index contributed by atoms with van der Waals surface area (Å²) in [5.74, 6) is 0. The van der Waals surface area contributed by atoms with Crippen molar-refractivity contribution in [1.29, 1.82) is 0 Å². The largest absolute Gasteiger partial charge is 1.00 e. The highest BCUT2D eigenvalue weighted by molar-refractivity contribution is 5.64. The Morgan fingerprint density at radius 2 is 1.67 bits per heavy atom. The summed E-state index contributed by atoms with van der Waals surface area (Å²) in [6.07, 6.45) is 0. The average molecular weight is 261 g/mol. The van der Waals surface area contributed by atoms with Gasteiger partial charge in [-0.15, -0.1) is 0 Å². The third-order valence-electron chi connectivity index (χ3n) is 3.35. The van der Waals surface area contributed by atoms with E-state index in [2.05, 4.69) is 66.5 Å².